The lowest BCUT2D eigenvalue weighted by Crippen LogP contribution is -2.61. The van der Waals surface area contributed by atoms with E-state index in [-0.39, 0.29) is 11.4 Å². The Hall–Kier alpha value is -1.53. The number of nitrogens with zero attached hydrogens (tertiary/aromatic N) is 4. The van der Waals surface area contributed by atoms with Crippen LogP contribution >= 0.6 is 23.4 Å². The lowest BCUT2D eigenvalue weighted by Gasteiger charge is -2.60. The van der Waals surface area contributed by atoms with E-state index in [0.29, 0.717) is 18.2 Å². The molecule has 0 atom stereocenters. The van der Waals surface area contributed by atoms with Gasteiger partial charge in [-0.1, -0.05) is 35.5 Å². The fourth-order valence-electron chi connectivity index (χ4n) is 7.24. The molecule has 2 aromatic rings. The maximum Gasteiger partial charge on any atom is 0.233 e. The van der Waals surface area contributed by atoms with Crippen molar-refractivity contribution in [3.05, 3.63) is 40.7 Å². The fourth-order valence-corrected chi connectivity index (χ4v) is 8.25. The maximum atomic E-state index is 13.9. The number of hydrogen-bond acceptors (Lipinski definition) is 4. The lowest BCUT2D eigenvalue weighted by atomic mass is 9.52. The highest BCUT2D eigenvalue weighted by Crippen LogP contribution is 2.58. The fraction of sp³-hybridized carbons (Fsp3) is 0.654. The van der Waals surface area contributed by atoms with E-state index in [4.69, 9.17) is 11.6 Å². The number of aromatic nitrogens is 3. The molecular weight excluding hydrogens is 452 g/mol. The number of halogens is 1. The van der Waals surface area contributed by atoms with E-state index in [1.807, 2.05) is 12.1 Å². The Morgan fingerprint density at radius 2 is 1.73 bits per heavy atom. The van der Waals surface area contributed by atoms with Gasteiger partial charge in [0.25, 0.3) is 0 Å². The highest BCUT2D eigenvalue weighted by atomic mass is 35.5. The van der Waals surface area contributed by atoms with Crippen molar-refractivity contribution in [2.24, 2.45) is 17.8 Å². The van der Waals surface area contributed by atoms with Gasteiger partial charge >= 0.3 is 0 Å². The summed E-state index contributed by atoms with van der Waals surface area (Å²) in [5.74, 6) is 4.74. The Morgan fingerprint density at radius 3 is 2.30 bits per heavy atom. The molecule has 1 heterocycles. The summed E-state index contributed by atoms with van der Waals surface area (Å²) in [7, 11) is 0. The van der Waals surface area contributed by atoms with Crippen molar-refractivity contribution in [3.8, 4) is 0 Å². The standard InChI is InChI=1S/C26H33ClN4OS/c1-2-30-24(21-5-6-21)28-29-25(30)33-16-23(32)31(15-17-3-7-22(27)8-4-17)26-12-18-9-19(13-26)11-20(10-18)14-26/h3-4,7-8,18-21H,2,5-6,9-16H2,1H3. The zero-order valence-electron chi connectivity index (χ0n) is 19.4. The van der Waals surface area contributed by atoms with E-state index in [2.05, 4.69) is 38.7 Å². The molecule has 7 rings (SSSR count). The molecule has 33 heavy (non-hydrogen) atoms. The van der Waals surface area contributed by atoms with Crippen LogP contribution in [0, 0.1) is 17.8 Å². The normalized spacial score (nSPS) is 30.1. The van der Waals surface area contributed by atoms with Gasteiger partial charge in [0, 0.05) is 29.6 Å². The number of benzene rings is 1. The third-order valence-corrected chi connectivity index (χ3v) is 9.67. The summed E-state index contributed by atoms with van der Waals surface area (Å²) in [6, 6.07) is 8.03. The summed E-state index contributed by atoms with van der Waals surface area (Å²) in [6.45, 7) is 3.68. The monoisotopic (exact) mass is 484 g/mol. The molecule has 5 aliphatic rings. The zero-order valence-corrected chi connectivity index (χ0v) is 21.0. The highest BCUT2D eigenvalue weighted by Gasteiger charge is 2.54. The summed E-state index contributed by atoms with van der Waals surface area (Å²) in [5, 5.41) is 10.5. The van der Waals surface area contributed by atoms with Crippen molar-refractivity contribution in [1.29, 1.82) is 0 Å². The quantitative estimate of drug-likeness (QED) is 0.436. The Morgan fingerprint density at radius 1 is 1.09 bits per heavy atom. The minimum Gasteiger partial charge on any atom is -0.332 e. The number of thioether (sulfide) groups is 1. The van der Waals surface area contributed by atoms with Gasteiger partial charge in [-0.15, -0.1) is 10.2 Å². The second-order valence-electron chi connectivity index (χ2n) is 10.9. The molecule has 0 spiro atoms. The van der Waals surface area contributed by atoms with Crippen LogP contribution in [0.25, 0.3) is 0 Å². The molecule has 5 aliphatic carbocycles. The van der Waals surface area contributed by atoms with Crippen molar-refractivity contribution in [2.75, 3.05) is 5.75 Å². The third kappa shape index (κ3) is 4.22. The number of carbonyl (C=O) groups is 1. The molecule has 1 amide bonds. The highest BCUT2D eigenvalue weighted by molar-refractivity contribution is 7.99. The van der Waals surface area contributed by atoms with Crippen LogP contribution in [0.2, 0.25) is 5.02 Å². The molecule has 0 aliphatic heterocycles. The predicted octanol–water partition coefficient (Wildman–Crippen LogP) is 5.92. The van der Waals surface area contributed by atoms with Crippen molar-refractivity contribution in [3.63, 3.8) is 0 Å². The molecule has 0 radical (unpaired) electrons. The molecule has 1 aromatic carbocycles. The molecule has 0 N–H and O–H groups in total. The van der Waals surface area contributed by atoms with Crippen LogP contribution in [-0.2, 0) is 17.9 Å². The van der Waals surface area contributed by atoms with Crippen LogP contribution in [0.15, 0.2) is 29.4 Å². The lowest BCUT2D eigenvalue weighted by molar-refractivity contribution is -0.149. The summed E-state index contributed by atoms with van der Waals surface area (Å²) < 4.78 is 2.21. The van der Waals surface area contributed by atoms with Gasteiger partial charge in [-0.2, -0.15) is 0 Å². The van der Waals surface area contributed by atoms with Gasteiger partial charge in [0.15, 0.2) is 5.16 Å². The van der Waals surface area contributed by atoms with E-state index in [1.54, 1.807) is 11.8 Å². The first-order chi connectivity index (χ1) is 16.0. The van der Waals surface area contributed by atoms with Crippen LogP contribution in [0.4, 0.5) is 0 Å². The first kappa shape index (κ1) is 22.0. The molecule has 176 valence electrons. The minimum absolute atomic E-state index is 0.0314. The molecule has 5 fully saturated rings. The van der Waals surface area contributed by atoms with E-state index < -0.39 is 0 Å². The number of rotatable bonds is 8. The van der Waals surface area contributed by atoms with Crippen molar-refractivity contribution in [1.82, 2.24) is 19.7 Å². The van der Waals surface area contributed by atoms with Gasteiger partial charge in [-0.25, -0.2) is 0 Å². The van der Waals surface area contributed by atoms with E-state index in [1.165, 1.54) is 56.9 Å². The third-order valence-electron chi connectivity index (χ3n) is 8.46. The smallest absolute Gasteiger partial charge is 0.233 e. The largest absolute Gasteiger partial charge is 0.332 e. The summed E-state index contributed by atoms with van der Waals surface area (Å²) in [6.07, 6.45) is 10.1. The Bertz CT molecular complexity index is 996. The zero-order chi connectivity index (χ0) is 22.6. The van der Waals surface area contributed by atoms with Crippen LogP contribution < -0.4 is 0 Å². The molecule has 0 saturated heterocycles. The Labute approximate surface area is 205 Å². The average molecular weight is 485 g/mol. The maximum absolute atomic E-state index is 13.9. The van der Waals surface area contributed by atoms with Gasteiger partial charge < -0.3 is 9.47 Å². The number of carbonyl (C=O) groups excluding carboxylic acids is 1. The molecular formula is C26H33ClN4OS. The van der Waals surface area contributed by atoms with Gasteiger partial charge in [0.05, 0.1) is 5.75 Å². The van der Waals surface area contributed by atoms with Crippen molar-refractivity contribution < 1.29 is 4.79 Å². The van der Waals surface area contributed by atoms with Crippen LogP contribution in [0.3, 0.4) is 0 Å². The molecule has 7 heteroatoms. The Balaban J connectivity index is 1.24. The molecule has 4 bridgehead atoms. The van der Waals surface area contributed by atoms with Crippen LogP contribution in [0.1, 0.15) is 75.6 Å². The van der Waals surface area contributed by atoms with Crippen molar-refractivity contribution in [2.45, 2.75) is 88.0 Å². The second kappa shape index (κ2) is 8.60. The Kier molecular flexibility index (Phi) is 5.72. The minimum atomic E-state index is 0.0314. The van der Waals surface area contributed by atoms with E-state index in [0.717, 1.165) is 40.3 Å². The molecule has 0 unspecified atom stereocenters. The van der Waals surface area contributed by atoms with Crippen LogP contribution in [0.5, 0.6) is 0 Å². The molecule has 5 saturated carbocycles. The second-order valence-corrected chi connectivity index (χ2v) is 12.3. The van der Waals surface area contributed by atoms with Crippen LogP contribution in [-0.4, -0.2) is 36.9 Å². The SMILES string of the molecule is CCn1c(SCC(=O)N(Cc2ccc(Cl)cc2)C23CC4CC(CC(C4)C2)C3)nnc1C1CC1. The number of hydrogen-bond donors (Lipinski definition) is 0. The van der Waals surface area contributed by atoms with E-state index in [9.17, 15) is 4.79 Å². The van der Waals surface area contributed by atoms with E-state index >= 15 is 0 Å². The predicted molar refractivity (Wildman–Crippen MR) is 131 cm³/mol. The summed E-state index contributed by atoms with van der Waals surface area (Å²) in [5.41, 5.74) is 1.20. The van der Waals surface area contributed by atoms with Gasteiger partial charge in [0.2, 0.25) is 5.91 Å². The van der Waals surface area contributed by atoms with Crippen molar-refractivity contribution >= 4 is 29.3 Å². The van der Waals surface area contributed by atoms with Gasteiger partial charge in [-0.3, -0.25) is 4.79 Å². The van der Waals surface area contributed by atoms with Gasteiger partial charge in [-0.05, 0) is 93.7 Å². The first-order valence-electron chi connectivity index (χ1n) is 12.6. The topological polar surface area (TPSA) is 51.0 Å². The number of amides is 1. The summed E-state index contributed by atoms with van der Waals surface area (Å²) in [4.78, 5) is 16.1. The molecule has 5 nitrogen and oxygen atoms in total. The molecule has 1 aromatic heterocycles. The summed E-state index contributed by atoms with van der Waals surface area (Å²) >= 11 is 7.71. The van der Waals surface area contributed by atoms with Gasteiger partial charge in [0.1, 0.15) is 5.82 Å². The first-order valence-corrected chi connectivity index (χ1v) is 14.0. The average Bonchev–Trinajstić information content (AvgIpc) is 3.55.